The maximum Gasteiger partial charge on any atom is 0.292 e. The third-order valence-corrected chi connectivity index (χ3v) is 3.24. The van der Waals surface area contributed by atoms with Crippen LogP contribution >= 0.6 is 22.9 Å². The lowest BCUT2D eigenvalue weighted by atomic mass is 10.1. The maximum absolute atomic E-state index is 5.87. The Bertz CT molecular complexity index is 475. The second kappa shape index (κ2) is 3.87. The van der Waals surface area contributed by atoms with Crippen LogP contribution in [0.25, 0.3) is 10.6 Å². The van der Waals surface area contributed by atoms with Gasteiger partial charge >= 0.3 is 0 Å². The Hall–Kier alpha value is -1.000. The van der Waals surface area contributed by atoms with Crippen molar-refractivity contribution >= 4 is 29.0 Å². The van der Waals surface area contributed by atoms with E-state index in [-0.39, 0.29) is 11.9 Å². The zero-order valence-corrected chi connectivity index (χ0v) is 10.0. The topological polar surface area (TPSA) is 52.0 Å². The molecule has 3 nitrogen and oxygen atoms in total. The molecule has 0 spiro atoms. The summed E-state index contributed by atoms with van der Waals surface area (Å²) in [6, 6.07) is 3.96. The van der Waals surface area contributed by atoms with E-state index >= 15 is 0 Å². The zero-order valence-electron chi connectivity index (χ0n) is 8.45. The molecule has 5 heteroatoms. The summed E-state index contributed by atoms with van der Waals surface area (Å²) in [4.78, 5) is 5.14. The van der Waals surface area contributed by atoms with Gasteiger partial charge in [0.1, 0.15) is 0 Å². The second-order valence-corrected chi connectivity index (χ2v) is 5.24. The number of anilines is 1. The van der Waals surface area contributed by atoms with Crippen molar-refractivity contribution in [1.82, 2.24) is 4.98 Å². The Morgan fingerprint density at radius 2 is 2.20 bits per heavy atom. The molecule has 0 fully saturated rings. The molecule has 2 rings (SSSR count). The molecule has 0 aliphatic carbocycles. The van der Waals surface area contributed by atoms with Crippen LogP contribution in [0.15, 0.2) is 16.5 Å². The summed E-state index contributed by atoms with van der Waals surface area (Å²) in [5.74, 6) is 1.02. The molecule has 2 N–H and O–H groups in total. The van der Waals surface area contributed by atoms with Crippen molar-refractivity contribution in [2.24, 2.45) is 0 Å². The number of hydrogen-bond donors (Lipinski definition) is 1. The SMILES string of the molecule is CC(C)c1nc(N)oc1-c1ccc(Cl)s1. The van der Waals surface area contributed by atoms with Crippen LogP contribution in [0.4, 0.5) is 6.01 Å². The molecule has 2 aromatic rings. The quantitative estimate of drug-likeness (QED) is 0.872. The Labute approximate surface area is 96.9 Å². The van der Waals surface area contributed by atoms with E-state index in [2.05, 4.69) is 18.8 Å². The fraction of sp³-hybridized carbons (Fsp3) is 0.300. The highest BCUT2D eigenvalue weighted by atomic mass is 35.5. The molecule has 0 bridgehead atoms. The average Bonchev–Trinajstić information content (AvgIpc) is 2.71. The van der Waals surface area contributed by atoms with E-state index in [9.17, 15) is 0 Å². The van der Waals surface area contributed by atoms with Crippen LogP contribution in [-0.4, -0.2) is 4.98 Å². The molecular formula is C10H11ClN2OS. The lowest BCUT2D eigenvalue weighted by Crippen LogP contribution is -1.90. The molecule has 0 saturated carbocycles. The summed E-state index contributed by atoms with van der Waals surface area (Å²) in [5.41, 5.74) is 6.44. The summed E-state index contributed by atoms with van der Waals surface area (Å²) in [7, 11) is 0. The zero-order chi connectivity index (χ0) is 11.0. The van der Waals surface area contributed by atoms with Crippen LogP contribution in [0, 0.1) is 0 Å². The molecule has 0 atom stereocenters. The van der Waals surface area contributed by atoms with Crippen molar-refractivity contribution in [2.75, 3.05) is 5.73 Å². The van der Waals surface area contributed by atoms with Gasteiger partial charge in [-0.3, -0.25) is 0 Å². The molecule has 0 amide bonds. The van der Waals surface area contributed by atoms with Crippen LogP contribution in [-0.2, 0) is 0 Å². The van der Waals surface area contributed by atoms with Gasteiger partial charge in [-0.2, -0.15) is 4.98 Å². The fourth-order valence-corrected chi connectivity index (χ4v) is 2.39. The van der Waals surface area contributed by atoms with Gasteiger partial charge in [0.15, 0.2) is 5.76 Å². The van der Waals surface area contributed by atoms with Gasteiger partial charge in [0.05, 0.1) is 14.9 Å². The van der Waals surface area contributed by atoms with Gasteiger partial charge in [-0.15, -0.1) is 11.3 Å². The number of nitrogens with zero attached hydrogens (tertiary/aromatic N) is 1. The van der Waals surface area contributed by atoms with Gasteiger partial charge in [-0.05, 0) is 18.1 Å². The fourth-order valence-electron chi connectivity index (χ4n) is 1.35. The molecule has 0 radical (unpaired) electrons. The van der Waals surface area contributed by atoms with Crippen LogP contribution in [0.1, 0.15) is 25.5 Å². The molecule has 2 aromatic heterocycles. The molecule has 0 unspecified atom stereocenters. The van der Waals surface area contributed by atoms with Crippen LogP contribution in [0.2, 0.25) is 4.34 Å². The highest BCUT2D eigenvalue weighted by molar-refractivity contribution is 7.19. The van der Waals surface area contributed by atoms with Crippen LogP contribution < -0.4 is 5.73 Å². The third kappa shape index (κ3) is 2.01. The first-order valence-electron chi connectivity index (χ1n) is 4.60. The minimum Gasteiger partial charge on any atom is -0.423 e. The summed E-state index contributed by atoms with van der Waals surface area (Å²) in [6.07, 6.45) is 0. The average molecular weight is 243 g/mol. The molecule has 0 aliphatic rings. The van der Waals surface area contributed by atoms with E-state index in [0.717, 1.165) is 20.7 Å². The van der Waals surface area contributed by atoms with E-state index in [1.165, 1.54) is 11.3 Å². The Balaban J connectivity index is 2.52. The minimum atomic E-state index is 0.207. The van der Waals surface area contributed by atoms with E-state index < -0.39 is 0 Å². The van der Waals surface area contributed by atoms with Gasteiger partial charge in [-0.1, -0.05) is 25.4 Å². The second-order valence-electron chi connectivity index (χ2n) is 3.52. The molecule has 0 aliphatic heterocycles. The van der Waals surface area contributed by atoms with Crippen molar-refractivity contribution in [2.45, 2.75) is 19.8 Å². The van der Waals surface area contributed by atoms with Crippen LogP contribution in [0.3, 0.4) is 0 Å². The molecule has 80 valence electrons. The van der Waals surface area contributed by atoms with Gasteiger partial charge in [0, 0.05) is 0 Å². The van der Waals surface area contributed by atoms with E-state index in [0.29, 0.717) is 0 Å². The van der Waals surface area contributed by atoms with E-state index in [1.54, 1.807) is 0 Å². The van der Waals surface area contributed by atoms with Gasteiger partial charge in [-0.25, -0.2) is 0 Å². The summed E-state index contributed by atoms with van der Waals surface area (Å²) < 4.78 is 6.12. The highest BCUT2D eigenvalue weighted by Gasteiger charge is 2.17. The number of aromatic nitrogens is 1. The molecule has 0 saturated heterocycles. The summed E-state index contributed by atoms with van der Waals surface area (Å²) in [6.45, 7) is 4.10. The largest absolute Gasteiger partial charge is 0.423 e. The van der Waals surface area contributed by atoms with Crippen LogP contribution in [0.5, 0.6) is 0 Å². The number of thiophene rings is 1. The number of rotatable bonds is 2. The smallest absolute Gasteiger partial charge is 0.292 e. The number of hydrogen-bond acceptors (Lipinski definition) is 4. The van der Waals surface area contributed by atoms with Crippen molar-refractivity contribution in [3.05, 3.63) is 22.2 Å². The summed E-state index contributed by atoms with van der Waals surface area (Å²) in [5, 5.41) is 0. The molecule has 15 heavy (non-hydrogen) atoms. The first-order chi connectivity index (χ1) is 7.08. The standard InChI is InChI=1S/C10H11ClN2OS/c1-5(2)8-9(14-10(12)13-8)6-3-4-7(11)15-6/h3-5H,1-2H3,(H2,12,13). The number of nitrogen functional groups attached to an aromatic ring is 1. The lowest BCUT2D eigenvalue weighted by molar-refractivity contribution is 0.593. The Kier molecular flexibility index (Phi) is 2.71. The minimum absolute atomic E-state index is 0.207. The number of oxazole rings is 1. The third-order valence-electron chi connectivity index (χ3n) is 2.01. The Morgan fingerprint density at radius 3 is 2.73 bits per heavy atom. The summed E-state index contributed by atoms with van der Waals surface area (Å²) >= 11 is 7.34. The molecular weight excluding hydrogens is 232 g/mol. The van der Waals surface area contributed by atoms with Crippen molar-refractivity contribution in [3.8, 4) is 10.6 Å². The monoisotopic (exact) mass is 242 g/mol. The molecule has 0 aromatic carbocycles. The number of nitrogens with two attached hydrogens (primary N) is 1. The lowest BCUT2D eigenvalue weighted by Gasteiger charge is -2.00. The van der Waals surface area contributed by atoms with Crippen molar-refractivity contribution in [3.63, 3.8) is 0 Å². The van der Waals surface area contributed by atoms with E-state index in [1.807, 2.05) is 12.1 Å². The normalized spacial score (nSPS) is 11.2. The first kappa shape index (κ1) is 10.5. The number of halogens is 1. The highest BCUT2D eigenvalue weighted by Crippen LogP contribution is 2.36. The van der Waals surface area contributed by atoms with Gasteiger partial charge in [0.2, 0.25) is 0 Å². The van der Waals surface area contributed by atoms with Gasteiger partial charge < -0.3 is 10.2 Å². The molecule has 2 heterocycles. The van der Waals surface area contributed by atoms with Crippen molar-refractivity contribution < 1.29 is 4.42 Å². The predicted octanol–water partition coefficient (Wildman–Crippen LogP) is 3.76. The van der Waals surface area contributed by atoms with E-state index in [4.69, 9.17) is 21.8 Å². The van der Waals surface area contributed by atoms with Gasteiger partial charge in [0.25, 0.3) is 6.01 Å². The Morgan fingerprint density at radius 1 is 1.47 bits per heavy atom. The first-order valence-corrected chi connectivity index (χ1v) is 5.79. The van der Waals surface area contributed by atoms with Crippen molar-refractivity contribution in [1.29, 1.82) is 0 Å². The maximum atomic E-state index is 5.87. The predicted molar refractivity (Wildman–Crippen MR) is 63.3 cm³/mol.